The van der Waals surface area contributed by atoms with Crippen LogP contribution in [0.4, 0.5) is 0 Å². The van der Waals surface area contributed by atoms with E-state index in [-0.39, 0.29) is 0 Å². The fraction of sp³-hybridized carbons (Fsp3) is 0.0741. The highest BCUT2D eigenvalue weighted by atomic mass is 79.9. The fourth-order valence-electron chi connectivity index (χ4n) is 3.77. The number of hydrogen-bond acceptors (Lipinski definition) is 4. The van der Waals surface area contributed by atoms with E-state index in [0.29, 0.717) is 17.5 Å². The first-order valence-corrected chi connectivity index (χ1v) is 11.2. The van der Waals surface area contributed by atoms with Gasteiger partial charge in [0.15, 0.2) is 17.5 Å². The largest absolute Gasteiger partial charge is 0.455 e. The van der Waals surface area contributed by atoms with E-state index in [1.807, 2.05) is 86.7 Å². The molecule has 3 aromatic carbocycles. The van der Waals surface area contributed by atoms with Gasteiger partial charge in [0, 0.05) is 26.4 Å². The number of furan rings is 1. The normalized spacial score (nSPS) is 12.3. The maximum atomic E-state index is 6.26. The van der Waals surface area contributed by atoms with Gasteiger partial charge >= 0.3 is 0 Å². The van der Waals surface area contributed by atoms with Crippen molar-refractivity contribution in [1.29, 1.82) is 0 Å². The molecule has 0 saturated heterocycles. The summed E-state index contributed by atoms with van der Waals surface area (Å²) in [6.45, 7) is 3.97. The standard InChI is InChI=1S/C27H20BrN3O/c1-3-9-17(4-2)25-29-26(18-10-6-5-7-11-18)31-27(30-25)21-13-8-12-20-22-16-19(28)14-15-23(22)32-24(20)21/h3-16H,1-2H3. The highest BCUT2D eigenvalue weighted by Crippen LogP contribution is 2.36. The van der Waals surface area contributed by atoms with Gasteiger partial charge in [-0.2, -0.15) is 0 Å². The van der Waals surface area contributed by atoms with Crippen LogP contribution in [0, 0.1) is 0 Å². The fourth-order valence-corrected chi connectivity index (χ4v) is 4.13. The molecule has 32 heavy (non-hydrogen) atoms. The number of para-hydroxylation sites is 1. The van der Waals surface area contributed by atoms with Gasteiger partial charge < -0.3 is 4.42 Å². The number of fused-ring (bicyclic) bond motifs is 3. The van der Waals surface area contributed by atoms with Crippen molar-refractivity contribution >= 4 is 43.4 Å². The van der Waals surface area contributed by atoms with Crippen LogP contribution >= 0.6 is 15.9 Å². The highest BCUT2D eigenvalue weighted by Gasteiger charge is 2.17. The molecule has 0 radical (unpaired) electrons. The van der Waals surface area contributed by atoms with Crippen LogP contribution in [0.5, 0.6) is 0 Å². The van der Waals surface area contributed by atoms with Crippen LogP contribution in [0.3, 0.4) is 0 Å². The molecule has 2 heterocycles. The molecule has 5 rings (SSSR count). The van der Waals surface area contributed by atoms with Gasteiger partial charge in [0.2, 0.25) is 0 Å². The Labute approximate surface area is 194 Å². The highest BCUT2D eigenvalue weighted by molar-refractivity contribution is 9.10. The zero-order valence-electron chi connectivity index (χ0n) is 17.7. The quantitative estimate of drug-likeness (QED) is 0.245. The smallest absolute Gasteiger partial charge is 0.167 e. The predicted octanol–water partition coefficient (Wildman–Crippen LogP) is 7.85. The molecule has 0 amide bonds. The Bertz CT molecular complexity index is 1500. The molecule has 0 aliphatic carbocycles. The summed E-state index contributed by atoms with van der Waals surface area (Å²) in [6, 6.07) is 22.1. The summed E-state index contributed by atoms with van der Waals surface area (Å²) in [6.07, 6.45) is 6.00. The second-order valence-electron chi connectivity index (χ2n) is 7.34. The van der Waals surface area contributed by atoms with Crippen molar-refractivity contribution in [2.45, 2.75) is 13.8 Å². The minimum Gasteiger partial charge on any atom is -0.455 e. The summed E-state index contributed by atoms with van der Waals surface area (Å²) in [4.78, 5) is 14.5. The summed E-state index contributed by atoms with van der Waals surface area (Å²) in [7, 11) is 0. The lowest BCUT2D eigenvalue weighted by molar-refractivity contribution is 0.669. The molecule has 0 aliphatic rings. The Balaban J connectivity index is 1.79. The van der Waals surface area contributed by atoms with Crippen molar-refractivity contribution in [2.75, 3.05) is 0 Å². The number of hydrogen-bond donors (Lipinski definition) is 0. The van der Waals surface area contributed by atoms with Crippen LogP contribution in [-0.2, 0) is 0 Å². The third-order valence-electron chi connectivity index (χ3n) is 5.28. The molecule has 5 heteroatoms. The maximum absolute atomic E-state index is 6.26. The summed E-state index contributed by atoms with van der Waals surface area (Å²) in [5.74, 6) is 1.84. The minimum atomic E-state index is 0.585. The van der Waals surface area contributed by atoms with Gasteiger partial charge in [0.05, 0.1) is 5.56 Å². The van der Waals surface area contributed by atoms with Crippen molar-refractivity contribution in [3.63, 3.8) is 0 Å². The van der Waals surface area contributed by atoms with E-state index in [2.05, 4.69) is 28.1 Å². The lowest BCUT2D eigenvalue weighted by Gasteiger charge is -2.09. The molecule has 0 aliphatic heterocycles. The van der Waals surface area contributed by atoms with E-state index in [9.17, 15) is 0 Å². The zero-order valence-corrected chi connectivity index (χ0v) is 19.3. The van der Waals surface area contributed by atoms with Gasteiger partial charge in [0.1, 0.15) is 11.2 Å². The van der Waals surface area contributed by atoms with Gasteiger partial charge in [-0.15, -0.1) is 0 Å². The minimum absolute atomic E-state index is 0.585. The molecule has 0 bridgehead atoms. The molecule has 156 valence electrons. The molecule has 0 N–H and O–H groups in total. The Morgan fingerprint density at radius 1 is 0.844 bits per heavy atom. The molecular weight excluding hydrogens is 462 g/mol. The number of aromatic nitrogens is 3. The molecular formula is C27H20BrN3O. The zero-order chi connectivity index (χ0) is 22.1. The summed E-state index contributed by atoms with van der Waals surface area (Å²) < 4.78 is 7.27. The number of halogens is 1. The van der Waals surface area contributed by atoms with E-state index < -0.39 is 0 Å². The second-order valence-corrected chi connectivity index (χ2v) is 8.26. The average Bonchev–Trinajstić information content (AvgIpc) is 3.20. The first-order valence-electron chi connectivity index (χ1n) is 10.4. The molecule has 5 aromatic rings. The predicted molar refractivity (Wildman–Crippen MR) is 134 cm³/mol. The van der Waals surface area contributed by atoms with Crippen molar-refractivity contribution in [3.05, 3.63) is 95.3 Å². The van der Waals surface area contributed by atoms with Crippen molar-refractivity contribution in [2.24, 2.45) is 0 Å². The van der Waals surface area contributed by atoms with E-state index in [4.69, 9.17) is 19.4 Å². The SMILES string of the molecule is CC=CC(=CC)c1nc(-c2ccccc2)nc(-c2cccc3c2oc2ccc(Br)cc23)n1. The van der Waals surface area contributed by atoms with E-state index in [1.165, 1.54) is 0 Å². The first kappa shape index (κ1) is 20.3. The van der Waals surface area contributed by atoms with Gasteiger partial charge in [-0.25, -0.2) is 15.0 Å². The topological polar surface area (TPSA) is 51.8 Å². The molecule has 0 unspecified atom stereocenters. The van der Waals surface area contributed by atoms with E-state index in [1.54, 1.807) is 0 Å². The van der Waals surface area contributed by atoms with E-state index >= 15 is 0 Å². The van der Waals surface area contributed by atoms with E-state index in [0.717, 1.165) is 43.1 Å². The molecule has 4 nitrogen and oxygen atoms in total. The van der Waals surface area contributed by atoms with Gasteiger partial charge in [-0.05, 0) is 38.1 Å². The number of nitrogens with zero attached hydrogens (tertiary/aromatic N) is 3. The third-order valence-corrected chi connectivity index (χ3v) is 5.78. The lowest BCUT2D eigenvalue weighted by atomic mass is 10.1. The Morgan fingerprint density at radius 3 is 2.44 bits per heavy atom. The van der Waals surface area contributed by atoms with Gasteiger partial charge in [-0.3, -0.25) is 0 Å². The van der Waals surface area contributed by atoms with Crippen LogP contribution in [0.1, 0.15) is 19.7 Å². The Morgan fingerprint density at radius 2 is 1.66 bits per heavy atom. The van der Waals surface area contributed by atoms with Crippen LogP contribution < -0.4 is 0 Å². The first-order chi connectivity index (χ1) is 15.7. The van der Waals surface area contributed by atoms with Crippen LogP contribution in [0.2, 0.25) is 0 Å². The average molecular weight is 482 g/mol. The van der Waals surface area contributed by atoms with Crippen molar-refractivity contribution in [1.82, 2.24) is 15.0 Å². The maximum Gasteiger partial charge on any atom is 0.167 e. The number of benzene rings is 3. The molecule has 0 atom stereocenters. The molecule has 2 aromatic heterocycles. The number of allylic oxidation sites excluding steroid dienone is 4. The monoisotopic (exact) mass is 481 g/mol. The second kappa shape index (κ2) is 8.52. The van der Waals surface area contributed by atoms with Crippen molar-refractivity contribution in [3.8, 4) is 22.8 Å². The molecule has 0 fully saturated rings. The summed E-state index contributed by atoms with van der Waals surface area (Å²) >= 11 is 3.56. The van der Waals surface area contributed by atoms with Crippen LogP contribution in [-0.4, -0.2) is 15.0 Å². The third kappa shape index (κ3) is 3.65. The number of rotatable bonds is 4. The van der Waals surface area contributed by atoms with Crippen molar-refractivity contribution < 1.29 is 4.42 Å². The Kier molecular flexibility index (Phi) is 5.41. The van der Waals surface area contributed by atoms with Crippen LogP contribution in [0.15, 0.2) is 93.8 Å². The van der Waals surface area contributed by atoms with Gasteiger partial charge in [-0.1, -0.05) is 76.6 Å². The van der Waals surface area contributed by atoms with Gasteiger partial charge in [0.25, 0.3) is 0 Å². The molecule has 0 saturated carbocycles. The lowest BCUT2D eigenvalue weighted by Crippen LogP contribution is -2.02. The molecule has 0 spiro atoms. The summed E-state index contributed by atoms with van der Waals surface area (Å²) in [5.41, 5.74) is 4.32. The van der Waals surface area contributed by atoms with Crippen LogP contribution in [0.25, 0.3) is 50.3 Å². The summed E-state index contributed by atoms with van der Waals surface area (Å²) in [5, 5.41) is 2.08. The Hall–Kier alpha value is -3.57.